The van der Waals surface area contributed by atoms with Crippen molar-refractivity contribution in [2.45, 2.75) is 31.9 Å². The number of carbonyl (C=O) groups is 2. The van der Waals surface area contributed by atoms with Gasteiger partial charge in [0, 0.05) is 5.57 Å². The molecule has 1 aliphatic carbocycles. The van der Waals surface area contributed by atoms with Crippen LogP contribution in [0.15, 0.2) is 12.2 Å². The van der Waals surface area contributed by atoms with Crippen molar-refractivity contribution in [3.63, 3.8) is 0 Å². The van der Waals surface area contributed by atoms with E-state index in [1.165, 1.54) is 4.90 Å². The van der Waals surface area contributed by atoms with Gasteiger partial charge in [-0.3, -0.25) is 14.5 Å². The molecule has 2 fully saturated rings. The molecule has 3 atom stereocenters. The maximum absolute atomic E-state index is 11.5. The van der Waals surface area contributed by atoms with Gasteiger partial charge in [-0.2, -0.15) is 0 Å². The fourth-order valence-corrected chi connectivity index (χ4v) is 2.26. The van der Waals surface area contributed by atoms with Crippen LogP contribution in [0.5, 0.6) is 0 Å². The minimum atomic E-state index is -0.433. The topological polar surface area (TPSA) is 57.6 Å². The number of carbonyl (C=O) groups excluding carboxylic acids is 2. The molecule has 1 heterocycles. The first-order valence-corrected chi connectivity index (χ1v) is 4.73. The highest BCUT2D eigenvalue weighted by molar-refractivity contribution is 6.08. The van der Waals surface area contributed by atoms with Crippen LogP contribution >= 0.6 is 0 Å². The van der Waals surface area contributed by atoms with Crippen molar-refractivity contribution in [3.8, 4) is 0 Å². The molecule has 76 valence electrons. The number of aliphatic hydroxyl groups excluding tert-OH is 1. The van der Waals surface area contributed by atoms with E-state index in [4.69, 9.17) is 0 Å². The molecule has 14 heavy (non-hydrogen) atoms. The Kier molecular flexibility index (Phi) is 1.96. The van der Waals surface area contributed by atoms with Gasteiger partial charge in [0.15, 0.2) is 0 Å². The molecule has 0 aromatic carbocycles. The molecule has 3 unspecified atom stereocenters. The summed E-state index contributed by atoms with van der Waals surface area (Å²) >= 11 is 0. The number of aliphatic hydroxyl groups is 1. The molecule has 1 aliphatic heterocycles. The highest BCUT2D eigenvalue weighted by Gasteiger charge is 2.55. The standard InChI is InChI=1S/C10H13NO3/c1-5(2)9(13)11-8-4-6(12)3-7(8)10(11)14/h6-8,12H,1,3-4H2,2H3. The third-order valence-electron chi connectivity index (χ3n) is 2.97. The van der Waals surface area contributed by atoms with Crippen LogP contribution < -0.4 is 0 Å². The Labute approximate surface area is 82.2 Å². The molecule has 1 saturated carbocycles. The molecular weight excluding hydrogens is 182 g/mol. The van der Waals surface area contributed by atoms with E-state index >= 15 is 0 Å². The highest BCUT2D eigenvalue weighted by atomic mass is 16.3. The summed E-state index contributed by atoms with van der Waals surface area (Å²) in [5.41, 5.74) is 0.373. The Morgan fingerprint density at radius 2 is 2.21 bits per heavy atom. The molecule has 0 radical (unpaired) electrons. The van der Waals surface area contributed by atoms with E-state index in [0.29, 0.717) is 18.4 Å². The Bertz CT molecular complexity index is 323. The van der Waals surface area contributed by atoms with Crippen molar-refractivity contribution in [1.29, 1.82) is 0 Å². The molecule has 0 bridgehead atoms. The fourth-order valence-electron chi connectivity index (χ4n) is 2.26. The summed E-state index contributed by atoms with van der Waals surface area (Å²) in [7, 11) is 0. The van der Waals surface area contributed by atoms with E-state index in [1.807, 2.05) is 0 Å². The average Bonchev–Trinajstić information content (AvgIpc) is 2.44. The van der Waals surface area contributed by atoms with Crippen molar-refractivity contribution in [2.75, 3.05) is 0 Å². The minimum Gasteiger partial charge on any atom is -0.393 e. The zero-order chi connectivity index (χ0) is 10.5. The summed E-state index contributed by atoms with van der Waals surface area (Å²) in [6, 6.07) is -0.0818. The van der Waals surface area contributed by atoms with Crippen molar-refractivity contribution >= 4 is 11.8 Å². The average molecular weight is 195 g/mol. The van der Waals surface area contributed by atoms with Gasteiger partial charge >= 0.3 is 0 Å². The molecule has 1 N–H and O–H groups in total. The van der Waals surface area contributed by atoms with Gasteiger partial charge in [0.25, 0.3) is 5.91 Å². The molecule has 4 heteroatoms. The molecule has 2 rings (SSSR count). The molecule has 2 aliphatic rings. The van der Waals surface area contributed by atoms with E-state index < -0.39 is 6.10 Å². The molecule has 0 spiro atoms. The van der Waals surface area contributed by atoms with Crippen LogP contribution in [0, 0.1) is 5.92 Å². The number of imide groups is 1. The van der Waals surface area contributed by atoms with E-state index in [9.17, 15) is 14.7 Å². The Balaban J connectivity index is 2.13. The maximum atomic E-state index is 11.5. The number of hydrogen-bond acceptors (Lipinski definition) is 3. The summed E-state index contributed by atoms with van der Waals surface area (Å²) in [5.74, 6) is -0.585. The van der Waals surface area contributed by atoms with Crippen LogP contribution in [0.25, 0.3) is 0 Å². The fraction of sp³-hybridized carbons (Fsp3) is 0.600. The number of hydrogen-bond donors (Lipinski definition) is 1. The lowest BCUT2D eigenvalue weighted by Crippen LogP contribution is -2.60. The van der Waals surface area contributed by atoms with Crippen molar-refractivity contribution < 1.29 is 14.7 Å². The smallest absolute Gasteiger partial charge is 0.255 e. The second-order valence-electron chi connectivity index (χ2n) is 4.09. The van der Waals surface area contributed by atoms with Crippen LogP contribution in [0.2, 0.25) is 0 Å². The summed E-state index contributed by atoms with van der Waals surface area (Å²) in [4.78, 5) is 24.2. The molecular formula is C10H13NO3. The largest absolute Gasteiger partial charge is 0.393 e. The Morgan fingerprint density at radius 3 is 2.79 bits per heavy atom. The molecule has 2 amide bonds. The van der Waals surface area contributed by atoms with Crippen LogP contribution in [0.3, 0.4) is 0 Å². The van der Waals surface area contributed by atoms with Crippen LogP contribution in [0.1, 0.15) is 19.8 Å². The lowest BCUT2D eigenvalue weighted by molar-refractivity contribution is -0.162. The van der Waals surface area contributed by atoms with E-state index in [2.05, 4.69) is 6.58 Å². The van der Waals surface area contributed by atoms with Crippen LogP contribution in [-0.4, -0.2) is 34.0 Å². The monoisotopic (exact) mass is 195 g/mol. The number of nitrogens with zero attached hydrogens (tertiary/aromatic N) is 1. The van der Waals surface area contributed by atoms with Gasteiger partial charge in [-0.25, -0.2) is 0 Å². The first-order chi connectivity index (χ1) is 6.52. The van der Waals surface area contributed by atoms with Gasteiger partial charge in [-0.05, 0) is 19.8 Å². The second kappa shape index (κ2) is 2.92. The second-order valence-corrected chi connectivity index (χ2v) is 4.09. The van der Waals surface area contributed by atoms with E-state index in [1.54, 1.807) is 6.92 Å². The quantitative estimate of drug-likeness (QED) is 0.476. The van der Waals surface area contributed by atoms with Gasteiger partial charge in [0.05, 0.1) is 18.1 Å². The predicted molar refractivity (Wildman–Crippen MR) is 49.2 cm³/mol. The number of β-lactam (4-membered cyclic amide) rings is 1. The normalized spacial score (nSPS) is 35.1. The SMILES string of the molecule is C=C(C)C(=O)N1C(=O)C2CC(O)CC21. The van der Waals surface area contributed by atoms with Gasteiger partial charge in [-0.15, -0.1) is 0 Å². The Morgan fingerprint density at radius 1 is 1.57 bits per heavy atom. The summed E-state index contributed by atoms with van der Waals surface area (Å²) in [6.45, 7) is 5.11. The van der Waals surface area contributed by atoms with Crippen molar-refractivity contribution in [2.24, 2.45) is 5.92 Å². The third kappa shape index (κ3) is 1.10. The molecule has 0 aromatic heterocycles. The first kappa shape index (κ1) is 9.40. The van der Waals surface area contributed by atoms with E-state index in [0.717, 1.165) is 0 Å². The minimum absolute atomic E-state index is 0.0818. The van der Waals surface area contributed by atoms with Gasteiger partial charge in [-0.1, -0.05) is 6.58 Å². The molecule has 4 nitrogen and oxygen atoms in total. The predicted octanol–water partition coefficient (Wildman–Crippen LogP) is 0.0708. The van der Waals surface area contributed by atoms with Crippen molar-refractivity contribution in [3.05, 3.63) is 12.2 Å². The van der Waals surface area contributed by atoms with Crippen molar-refractivity contribution in [1.82, 2.24) is 4.90 Å². The van der Waals surface area contributed by atoms with Gasteiger partial charge in [0.2, 0.25) is 5.91 Å². The first-order valence-electron chi connectivity index (χ1n) is 4.73. The third-order valence-corrected chi connectivity index (χ3v) is 2.97. The molecule has 1 saturated heterocycles. The lowest BCUT2D eigenvalue weighted by atomic mass is 9.90. The number of fused-ring (bicyclic) bond motifs is 1. The van der Waals surface area contributed by atoms with Gasteiger partial charge in [0.1, 0.15) is 0 Å². The van der Waals surface area contributed by atoms with E-state index in [-0.39, 0.29) is 23.8 Å². The number of rotatable bonds is 1. The molecule has 0 aromatic rings. The van der Waals surface area contributed by atoms with Crippen LogP contribution in [0.4, 0.5) is 0 Å². The zero-order valence-corrected chi connectivity index (χ0v) is 8.06. The number of likely N-dealkylation sites (tertiary alicyclic amines) is 1. The summed E-state index contributed by atoms with van der Waals surface area (Å²) < 4.78 is 0. The van der Waals surface area contributed by atoms with Crippen LogP contribution in [-0.2, 0) is 9.59 Å². The highest BCUT2D eigenvalue weighted by Crippen LogP contribution is 2.40. The summed E-state index contributed by atoms with van der Waals surface area (Å²) in [5, 5.41) is 9.35. The summed E-state index contributed by atoms with van der Waals surface area (Å²) in [6.07, 6.45) is 0.593. The number of amides is 2. The Hall–Kier alpha value is -1.16. The zero-order valence-electron chi connectivity index (χ0n) is 8.06. The maximum Gasteiger partial charge on any atom is 0.255 e. The lowest BCUT2D eigenvalue weighted by Gasteiger charge is -2.41. The van der Waals surface area contributed by atoms with Gasteiger partial charge < -0.3 is 5.11 Å².